The zero-order valence-electron chi connectivity index (χ0n) is 12.1. The van der Waals surface area contributed by atoms with E-state index in [-0.39, 0.29) is 6.04 Å². The molecular formula is C15H22N2O3. The van der Waals surface area contributed by atoms with Crippen LogP contribution in [0, 0.1) is 0 Å². The van der Waals surface area contributed by atoms with E-state index in [1.807, 2.05) is 13.8 Å². The van der Waals surface area contributed by atoms with Gasteiger partial charge in [-0.2, -0.15) is 0 Å². The molecule has 0 bridgehead atoms. The number of hydrogen-bond donors (Lipinski definition) is 3. The van der Waals surface area contributed by atoms with E-state index in [2.05, 4.69) is 10.6 Å². The van der Waals surface area contributed by atoms with Crippen LogP contribution in [0.25, 0.3) is 0 Å². The van der Waals surface area contributed by atoms with Gasteiger partial charge in [0.1, 0.15) is 0 Å². The van der Waals surface area contributed by atoms with Crippen LogP contribution in [0.4, 0.5) is 4.79 Å². The highest BCUT2D eigenvalue weighted by atomic mass is 16.4. The molecule has 1 unspecified atom stereocenters. The summed E-state index contributed by atoms with van der Waals surface area (Å²) in [6, 6.07) is 8.25. The summed E-state index contributed by atoms with van der Waals surface area (Å²) < 4.78 is 0. The predicted molar refractivity (Wildman–Crippen MR) is 77.5 cm³/mol. The number of carbonyl (C=O) groups is 2. The molecule has 1 aromatic carbocycles. The normalized spacial score (nSPS) is 13.6. The topological polar surface area (TPSA) is 78.4 Å². The Bertz CT molecular complexity index is 457. The molecule has 0 spiro atoms. The maximum absolute atomic E-state index is 12.0. The maximum atomic E-state index is 12.0. The third-order valence-corrected chi connectivity index (χ3v) is 3.46. The van der Waals surface area contributed by atoms with Gasteiger partial charge in [0.15, 0.2) is 5.54 Å². The summed E-state index contributed by atoms with van der Waals surface area (Å²) in [5, 5.41) is 14.8. The smallest absolute Gasteiger partial charge is 0.333 e. The van der Waals surface area contributed by atoms with Gasteiger partial charge in [-0.3, -0.25) is 0 Å². The summed E-state index contributed by atoms with van der Waals surface area (Å²) in [5.74, 6) is -1.09. The summed E-state index contributed by atoms with van der Waals surface area (Å²) in [6.07, 6.45) is 1.61. The Morgan fingerprint density at radius 1 is 1.20 bits per heavy atom. The van der Waals surface area contributed by atoms with E-state index in [0.29, 0.717) is 5.56 Å². The lowest BCUT2D eigenvalue weighted by Gasteiger charge is -2.28. The summed E-state index contributed by atoms with van der Waals surface area (Å²) in [5.41, 5.74) is -0.913. The molecule has 1 atom stereocenters. The van der Waals surface area contributed by atoms with Crippen molar-refractivity contribution in [1.82, 2.24) is 10.6 Å². The highest BCUT2D eigenvalue weighted by Gasteiger charge is 2.37. The van der Waals surface area contributed by atoms with Gasteiger partial charge in [-0.1, -0.05) is 44.2 Å². The summed E-state index contributed by atoms with van der Waals surface area (Å²) in [6.45, 7) is 5.43. The van der Waals surface area contributed by atoms with Crippen molar-refractivity contribution in [3.05, 3.63) is 35.9 Å². The zero-order chi connectivity index (χ0) is 15.2. The minimum Gasteiger partial charge on any atom is -0.479 e. The number of rotatable bonds is 6. The quantitative estimate of drug-likeness (QED) is 0.748. The van der Waals surface area contributed by atoms with Crippen LogP contribution in [-0.4, -0.2) is 23.1 Å². The van der Waals surface area contributed by atoms with E-state index in [9.17, 15) is 14.7 Å². The van der Waals surface area contributed by atoms with Crippen LogP contribution in [0.3, 0.4) is 0 Å². The summed E-state index contributed by atoms with van der Waals surface area (Å²) >= 11 is 0. The fourth-order valence-electron chi connectivity index (χ4n) is 1.96. The van der Waals surface area contributed by atoms with Gasteiger partial charge >= 0.3 is 12.0 Å². The van der Waals surface area contributed by atoms with Crippen molar-refractivity contribution in [2.75, 3.05) is 0 Å². The molecule has 0 saturated heterocycles. The molecule has 1 rings (SSSR count). The van der Waals surface area contributed by atoms with Crippen LogP contribution in [0.5, 0.6) is 0 Å². The Morgan fingerprint density at radius 2 is 1.75 bits per heavy atom. The number of urea groups is 1. The first-order valence-electron chi connectivity index (χ1n) is 6.81. The Balaban J connectivity index is 2.88. The minimum absolute atomic E-state index is 0.0452. The van der Waals surface area contributed by atoms with E-state index in [4.69, 9.17) is 0 Å². The van der Waals surface area contributed by atoms with E-state index in [1.54, 1.807) is 30.3 Å². The van der Waals surface area contributed by atoms with Crippen molar-refractivity contribution in [2.24, 2.45) is 0 Å². The van der Waals surface area contributed by atoms with E-state index in [0.717, 1.165) is 12.8 Å². The van der Waals surface area contributed by atoms with Gasteiger partial charge < -0.3 is 15.7 Å². The molecule has 110 valence electrons. The molecule has 0 aromatic heterocycles. The second kappa shape index (κ2) is 6.93. The third kappa shape index (κ3) is 3.73. The molecule has 0 aliphatic carbocycles. The molecule has 0 radical (unpaired) electrons. The molecule has 0 aliphatic rings. The predicted octanol–water partition coefficient (Wildman–Crippen LogP) is 2.47. The first-order valence-corrected chi connectivity index (χ1v) is 6.81. The van der Waals surface area contributed by atoms with E-state index in [1.165, 1.54) is 6.92 Å². The van der Waals surface area contributed by atoms with E-state index < -0.39 is 17.5 Å². The van der Waals surface area contributed by atoms with Gasteiger partial charge in [-0.15, -0.1) is 0 Å². The molecule has 0 saturated carbocycles. The lowest BCUT2D eigenvalue weighted by atomic mass is 9.92. The molecule has 0 fully saturated rings. The highest BCUT2D eigenvalue weighted by Crippen LogP contribution is 2.20. The second-order valence-corrected chi connectivity index (χ2v) is 4.91. The molecule has 1 aromatic rings. The molecule has 20 heavy (non-hydrogen) atoms. The van der Waals surface area contributed by atoms with Crippen molar-refractivity contribution in [2.45, 2.75) is 45.2 Å². The van der Waals surface area contributed by atoms with Gasteiger partial charge in [0.05, 0.1) is 0 Å². The van der Waals surface area contributed by atoms with Crippen molar-refractivity contribution < 1.29 is 14.7 Å². The summed E-state index contributed by atoms with van der Waals surface area (Å²) in [4.78, 5) is 23.5. The third-order valence-electron chi connectivity index (χ3n) is 3.46. The van der Waals surface area contributed by atoms with Gasteiger partial charge in [0.25, 0.3) is 0 Å². The Labute approximate surface area is 119 Å². The van der Waals surface area contributed by atoms with Gasteiger partial charge in [0, 0.05) is 6.04 Å². The van der Waals surface area contributed by atoms with Crippen molar-refractivity contribution >= 4 is 12.0 Å². The highest BCUT2D eigenvalue weighted by molar-refractivity contribution is 5.87. The number of aliphatic carboxylic acids is 1. The molecular weight excluding hydrogens is 256 g/mol. The van der Waals surface area contributed by atoms with Crippen LogP contribution in [0.15, 0.2) is 30.3 Å². The van der Waals surface area contributed by atoms with E-state index >= 15 is 0 Å². The van der Waals surface area contributed by atoms with Crippen LogP contribution < -0.4 is 10.6 Å². The molecule has 2 amide bonds. The molecule has 0 heterocycles. The number of carboxylic acid groups (broad SMARTS) is 1. The fraction of sp³-hybridized carbons (Fsp3) is 0.467. The van der Waals surface area contributed by atoms with Crippen molar-refractivity contribution in [3.8, 4) is 0 Å². The number of amides is 2. The number of nitrogens with one attached hydrogen (secondary N) is 2. The molecule has 5 nitrogen and oxygen atoms in total. The maximum Gasteiger partial charge on any atom is 0.333 e. The van der Waals surface area contributed by atoms with Crippen LogP contribution >= 0.6 is 0 Å². The number of carbonyl (C=O) groups excluding carboxylic acids is 1. The second-order valence-electron chi connectivity index (χ2n) is 4.91. The van der Waals surface area contributed by atoms with Crippen molar-refractivity contribution in [3.63, 3.8) is 0 Å². The van der Waals surface area contributed by atoms with Crippen LogP contribution in [0.2, 0.25) is 0 Å². The molecule has 3 N–H and O–H groups in total. The molecule has 0 aliphatic heterocycles. The Morgan fingerprint density at radius 3 is 2.20 bits per heavy atom. The van der Waals surface area contributed by atoms with Crippen LogP contribution in [0.1, 0.15) is 39.2 Å². The molecule has 5 heteroatoms. The van der Waals surface area contributed by atoms with Gasteiger partial charge in [0.2, 0.25) is 0 Å². The van der Waals surface area contributed by atoms with Gasteiger partial charge in [-0.05, 0) is 25.3 Å². The Hall–Kier alpha value is -2.04. The Kier molecular flexibility index (Phi) is 5.55. The minimum atomic E-state index is -1.45. The lowest BCUT2D eigenvalue weighted by molar-refractivity contribution is -0.144. The van der Waals surface area contributed by atoms with Gasteiger partial charge in [-0.25, -0.2) is 9.59 Å². The summed E-state index contributed by atoms with van der Waals surface area (Å²) in [7, 11) is 0. The number of carboxylic acids is 1. The number of benzene rings is 1. The van der Waals surface area contributed by atoms with Crippen LogP contribution in [-0.2, 0) is 10.3 Å². The first kappa shape index (κ1) is 16.0. The lowest BCUT2D eigenvalue weighted by Crippen LogP contribution is -2.54. The standard InChI is InChI=1S/C15H22N2O3/c1-4-12(5-2)16-14(20)17-15(3,13(18)19)11-9-7-6-8-10-11/h6-10,12H,4-5H2,1-3H3,(H,18,19)(H2,16,17,20). The largest absolute Gasteiger partial charge is 0.479 e. The average Bonchev–Trinajstić information content (AvgIpc) is 2.45. The average molecular weight is 278 g/mol. The van der Waals surface area contributed by atoms with Crippen molar-refractivity contribution in [1.29, 1.82) is 0 Å². The zero-order valence-corrected chi connectivity index (χ0v) is 12.1. The first-order chi connectivity index (χ1) is 9.43. The SMILES string of the molecule is CCC(CC)NC(=O)NC(C)(C(=O)O)c1ccccc1. The monoisotopic (exact) mass is 278 g/mol. The fourth-order valence-corrected chi connectivity index (χ4v) is 1.96. The number of hydrogen-bond acceptors (Lipinski definition) is 2.